The zero-order valence-electron chi connectivity index (χ0n) is 15.5. The predicted octanol–water partition coefficient (Wildman–Crippen LogP) is 4.40. The lowest BCUT2D eigenvalue weighted by molar-refractivity contribution is 0.102. The molecule has 2 aromatic carbocycles. The molecule has 0 fully saturated rings. The summed E-state index contributed by atoms with van der Waals surface area (Å²) < 4.78 is 15.8. The normalized spacial score (nSPS) is 10.4. The molecule has 0 aliphatic carbocycles. The first-order valence-corrected chi connectivity index (χ1v) is 9.07. The van der Waals surface area contributed by atoms with Gasteiger partial charge in [-0.2, -0.15) is 0 Å². The van der Waals surface area contributed by atoms with E-state index in [1.165, 1.54) is 11.3 Å². The van der Waals surface area contributed by atoms with Gasteiger partial charge >= 0.3 is 0 Å². The quantitative estimate of drug-likeness (QED) is 0.682. The largest absolute Gasteiger partial charge is 0.497 e. The lowest BCUT2D eigenvalue weighted by Crippen LogP contribution is -2.12. The highest BCUT2D eigenvalue weighted by molar-refractivity contribution is 7.14. The van der Waals surface area contributed by atoms with Crippen LogP contribution in [0.4, 0.5) is 5.13 Å². The van der Waals surface area contributed by atoms with E-state index in [9.17, 15) is 4.79 Å². The Morgan fingerprint density at radius 3 is 2.33 bits per heavy atom. The Morgan fingerprint density at radius 2 is 1.70 bits per heavy atom. The van der Waals surface area contributed by atoms with E-state index in [4.69, 9.17) is 14.2 Å². The van der Waals surface area contributed by atoms with Crippen molar-refractivity contribution in [2.24, 2.45) is 0 Å². The summed E-state index contributed by atoms with van der Waals surface area (Å²) in [5, 5.41) is 5.21. The summed E-state index contributed by atoms with van der Waals surface area (Å²) in [5.74, 6) is 1.54. The first-order chi connectivity index (χ1) is 13.0. The summed E-state index contributed by atoms with van der Waals surface area (Å²) in [5.41, 5.74) is 3.17. The lowest BCUT2D eigenvalue weighted by atomic mass is 10.1. The number of aryl methyl sites for hydroxylation is 1. The molecule has 1 aromatic heterocycles. The minimum atomic E-state index is -0.288. The van der Waals surface area contributed by atoms with E-state index in [0.29, 0.717) is 22.2 Å². The van der Waals surface area contributed by atoms with Crippen molar-refractivity contribution < 1.29 is 19.0 Å². The van der Waals surface area contributed by atoms with Crippen LogP contribution in [0.2, 0.25) is 0 Å². The van der Waals surface area contributed by atoms with Crippen molar-refractivity contribution in [3.05, 3.63) is 52.9 Å². The fraction of sp³-hybridized carbons (Fsp3) is 0.200. The van der Waals surface area contributed by atoms with E-state index in [2.05, 4.69) is 10.3 Å². The molecule has 3 rings (SSSR count). The number of ether oxygens (including phenoxy) is 3. The molecule has 7 heteroatoms. The van der Waals surface area contributed by atoms with Gasteiger partial charge in [-0.25, -0.2) is 4.98 Å². The number of carbonyl (C=O) groups excluding carboxylic acids is 1. The average Bonchev–Trinajstić information content (AvgIpc) is 3.15. The Labute approximate surface area is 161 Å². The van der Waals surface area contributed by atoms with Gasteiger partial charge in [0, 0.05) is 22.6 Å². The van der Waals surface area contributed by atoms with Gasteiger partial charge in [0.15, 0.2) is 5.13 Å². The zero-order chi connectivity index (χ0) is 19.4. The molecular weight excluding hydrogens is 364 g/mol. The van der Waals surface area contributed by atoms with Crippen molar-refractivity contribution in [1.82, 2.24) is 4.98 Å². The Morgan fingerprint density at radius 1 is 1.00 bits per heavy atom. The summed E-state index contributed by atoms with van der Waals surface area (Å²) >= 11 is 1.35. The molecule has 6 nitrogen and oxygen atoms in total. The number of hydrogen-bond donors (Lipinski definition) is 1. The lowest BCUT2D eigenvalue weighted by Gasteiger charge is -2.08. The fourth-order valence-corrected chi connectivity index (χ4v) is 3.29. The van der Waals surface area contributed by atoms with E-state index >= 15 is 0 Å². The van der Waals surface area contributed by atoms with E-state index in [-0.39, 0.29) is 5.91 Å². The maximum absolute atomic E-state index is 12.6. The topological polar surface area (TPSA) is 69.7 Å². The third-order valence-electron chi connectivity index (χ3n) is 3.97. The number of carbonyl (C=O) groups is 1. The van der Waals surface area contributed by atoms with Gasteiger partial charge in [-0.05, 0) is 31.2 Å². The summed E-state index contributed by atoms with van der Waals surface area (Å²) in [6.07, 6.45) is 0. The number of nitrogens with one attached hydrogen (secondary N) is 1. The molecular formula is C20H20N2O4S. The van der Waals surface area contributed by atoms with Gasteiger partial charge in [-0.15, -0.1) is 11.3 Å². The molecule has 0 saturated carbocycles. The van der Waals surface area contributed by atoms with Gasteiger partial charge < -0.3 is 14.2 Å². The van der Waals surface area contributed by atoms with Gasteiger partial charge in [0.1, 0.15) is 17.2 Å². The minimum absolute atomic E-state index is 0.288. The van der Waals surface area contributed by atoms with Gasteiger partial charge in [-0.3, -0.25) is 10.1 Å². The second-order valence-corrected chi connectivity index (χ2v) is 6.66. The monoisotopic (exact) mass is 384 g/mol. The van der Waals surface area contributed by atoms with Gasteiger partial charge in [-0.1, -0.05) is 11.6 Å². The van der Waals surface area contributed by atoms with Crippen molar-refractivity contribution in [2.45, 2.75) is 6.92 Å². The van der Waals surface area contributed by atoms with Gasteiger partial charge in [0.2, 0.25) is 0 Å². The van der Waals surface area contributed by atoms with Crippen molar-refractivity contribution in [1.29, 1.82) is 0 Å². The summed E-state index contributed by atoms with van der Waals surface area (Å²) in [6, 6.07) is 10.9. The Kier molecular flexibility index (Phi) is 5.61. The number of methoxy groups -OCH3 is 3. The molecule has 0 aliphatic heterocycles. The number of benzene rings is 2. The standard InChI is InChI=1S/C20H20N2O4S/c1-12-5-6-18(26-4)16(7-12)17-11-27-20(21-17)22-19(23)13-8-14(24-2)10-15(9-13)25-3/h5-11H,1-4H3,(H,21,22,23). The van der Waals surface area contributed by atoms with E-state index < -0.39 is 0 Å². The third kappa shape index (κ3) is 4.20. The van der Waals surface area contributed by atoms with Crippen LogP contribution in [0.5, 0.6) is 17.2 Å². The van der Waals surface area contributed by atoms with Crippen LogP contribution < -0.4 is 19.5 Å². The van der Waals surface area contributed by atoms with Crippen molar-refractivity contribution >= 4 is 22.4 Å². The van der Waals surface area contributed by atoms with Crippen LogP contribution in [-0.4, -0.2) is 32.2 Å². The van der Waals surface area contributed by atoms with Crippen molar-refractivity contribution in [2.75, 3.05) is 26.6 Å². The predicted molar refractivity (Wildman–Crippen MR) is 106 cm³/mol. The molecule has 1 amide bonds. The second kappa shape index (κ2) is 8.09. The maximum Gasteiger partial charge on any atom is 0.257 e. The summed E-state index contributed by atoms with van der Waals surface area (Å²) in [4.78, 5) is 17.1. The number of hydrogen-bond acceptors (Lipinski definition) is 6. The molecule has 27 heavy (non-hydrogen) atoms. The van der Waals surface area contributed by atoms with Crippen LogP contribution in [-0.2, 0) is 0 Å². The number of thiazole rings is 1. The van der Waals surface area contributed by atoms with Crippen molar-refractivity contribution in [3.63, 3.8) is 0 Å². The maximum atomic E-state index is 12.6. The van der Waals surface area contributed by atoms with Crippen LogP contribution in [0.1, 0.15) is 15.9 Å². The molecule has 0 atom stereocenters. The number of amides is 1. The number of aromatic nitrogens is 1. The summed E-state index contributed by atoms with van der Waals surface area (Å²) in [6.45, 7) is 2.01. The highest BCUT2D eigenvalue weighted by atomic mass is 32.1. The Bertz CT molecular complexity index is 946. The molecule has 0 radical (unpaired) electrons. The highest BCUT2D eigenvalue weighted by Gasteiger charge is 2.14. The third-order valence-corrected chi connectivity index (χ3v) is 4.73. The number of rotatable bonds is 6. The van der Waals surface area contributed by atoms with Crippen LogP contribution in [0.15, 0.2) is 41.8 Å². The molecule has 0 aliphatic rings. The molecule has 1 N–H and O–H groups in total. The molecule has 3 aromatic rings. The van der Waals surface area contributed by atoms with Crippen molar-refractivity contribution in [3.8, 4) is 28.5 Å². The van der Waals surface area contributed by atoms with E-state index in [1.54, 1.807) is 39.5 Å². The van der Waals surface area contributed by atoms with Crippen LogP contribution in [0.3, 0.4) is 0 Å². The zero-order valence-corrected chi connectivity index (χ0v) is 16.3. The second-order valence-electron chi connectivity index (χ2n) is 5.80. The SMILES string of the molecule is COc1cc(OC)cc(C(=O)Nc2nc(-c3cc(C)ccc3OC)cs2)c1. The summed E-state index contributed by atoms with van der Waals surface area (Å²) in [7, 11) is 4.71. The Balaban J connectivity index is 1.84. The van der Waals surface area contributed by atoms with Gasteiger partial charge in [0.05, 0.1) is 27.0 Å². The fourth-order valence-electron chi connectivity index (χ4n) is 2.58. The minimum Gasteiger partial charge on any atom is -0.497 e. The molecule has 0 unspecified atom stereocenters. The Hall–Kier alpha value is -3.06. The molecule has 140 valence electrons. The van der Waals surface area contributed by atoms with E-state index in [1.807, 2.05) is 30.5 Å². The molecule has 0 saturated heterocycles. The molecule has 0 bridgehead atoms. The van der Waals surface area contributed by atoms with Crippen LogP contribution >= 0.6 is 11.3 Å². The highest BCUT2D eigenvalue weighted by Crippen LogP contribution is 2.33. The smallest absolute Gasteiger partial charge is 0.257 e. The first kappa shape index (κ1) is 18.7. The van der Waals surface area contributed by atoms with Crippen LogP contribution in [0.25, 0.3) is 11.3 Å². The first-order valence-electron chi connectivity index (χ1n) is 8.19. The van der Waals surface area contributed by atoms with E-state index in [0.717, 1.165) is 22.6 Å². The number of anilines is 1. The van der Waals surface area contributed by atoms with Crippen LogP contribution in [0, 0.1) is 6.92 Å². The van der Waals surface area contributed by atoms with Gasteiger partial charge in [0.25, 0.3) is 5.91 Å². The molecule has 1 heterocycles. The average molecular weight is 384 g/mol. The molecule has 0 spiro atoms. The number of nitrogens with zero attached hydrogens (tertiary/aromatic N) is 1.